The van der Waals surface area contributed by atoms with Gasteiger partial charge in [-0.15, -0.1) is 0 Å². The van der Waals surface area contributed by atoms with Gasteiger partial charge in [-0.3, -0.25) is 4.90 Å². The van der Waals surface area contributed by atoms with E-state index < -0.39 is 5.54 Å². The third-order valence-electron chi connectivity index (χ3n) is 4.69. The van der Waals surface area contributed by atoms with Crippen LogP contribution in [0.25, 0.3) is 11.3 Å². The molecule has 0 aromatic carbocycles. The number of nitrogens with zero attached hydrogens (tertiary/aromatic N) is 3. The van der Waals surface area contributed by atoms with Gasteiger partial charge in [0.25, 0.3) is 0 Å². The Bertz CT molecular complexity index is 676. The summed E-state index contributed by atoms with van der Waals surface area (Å²) >= 11 is 0. The number of likely N-dealkylation sites (N-methyl/N-ethyl adjacent to an activating group) is 1. The Morgan fingerprint density at radius 2 is 2.29 bits per heavy atom. The number of ether oxygens (including phenoxy) is 1. The predicted molar refractivity (Wildman–Crippen MR) is 90.8 cm³/mol. The molecular weight excluding hydrogens is 308 g/mol. The number of aliphatic hydroxyl groups excluding tert-OH is 1. The van der Waals surface area contributed by atoms with Gasteiger partial charge in [-0.1, -0.05) is 0 Å². The molecule has 3 rings (SSSR count). The molecular formula is C17H24N4O3. The first kappa shape index (κ1) is 16.9. The highest BCUT2D eigenvalue weighted by Crippen LogP contribution is 2.24. The number of aromatic nitrogens is 2. The fourth-order valence-corrected chi connectivity index (χ4v) is 2.96. The average molecular weight is 332 g/mol. The fourth-order valence-electron chi connectivity index (χ4n) is 2.96. The first-order chi connectivity index (χ1) is 11.5. The van der Waals surface area contributed by atoms with E-state index in [1.807, 2.05) is 26.1 Å². The van der Waals surface area contributed by atoms with Gasteiger partial charge in [0.2, 0.25) is 0 Å². The van der Waals surface area contributed by atoms with Crippen molar-refractivity contribution in [2.75, 3.05) is 38.7 Å². The molecule has 1 aliphatic heterocycles. The SMILES string of the molecule is Cc1nc(NC[C@]2(CO)COC[C@@H](C)N2C)cc(-c2ccoc2)n1. The minimum Gasteiger partial charge on any atom is -0.472 e. The Kier molecular flexibility index (Phi) is 4.84. The lowest BCUT2D eigenvalue weighted by Gasteiger charge is -2.47. The smallest absolute Gasteiger partial charge is 0.130 e. The normalized spacial score (nSPS) is 24.9. The molecule has 0 saturated carbocycles. The largest absolute Gasteiger partial charge is 0.472 e. The van der Waals surface area contributed by atoms with Crippen molar-refractivity contribution in [3.63, 3.8) is 0 Å². The van der Waals surface area contributed by atoms with Gasteiger partial charge in [-0.25, -0.2) is 9.97 Å². The molecule has 0 bridgehead atoms. The van der Waals surface area contributed by atoms with Gasteiger partial charge in [-0.05, 0) is 27.0 Å². The third kappa shape index (κ3) is 3.28. The van der Waals surface area contributed by atoms with Crippen LogP contribution >= 0.6 is 0 Å². The number of nitrogens with one attached hydrogen (secondary N) is 1. The van der Waals surface area contributed by atoms with E-state index in [4.69, 9.17) is 9.15 Å². The zero-order valence-electron chi connectivity index (χ0n) is 14.3. The summed E-state index contributed by atoms with van der Waals surface area (Å²) in [7, 11) is 2.02. The molecule has 24 heavy (non-hydrogen) atoms. The standard InChI is InChI=1S/C17H24N4O3/c1-12-7-24-11-17(10-22,21(12)3)9-18-16-6-15(19-13(2)20-16)14-4-5-23-8-14/h4-6,8,12,22H,7,9-11H2,1-3H3,(H,18,19,20)/t12-,17+/m1/s1. The summed E-state index contributed by atoms with van der Waals surface area (Å²) in [4.78, 5) is 11.1. The summed E-state index contributed by atoms with van der Waals surface area (Å²) in [6.45, 7) is 5.65. The molecule has 1 aliphatic rings. The highest BCUT2D eigenvalue weighted by Gasteiger charge is 2.40. The topological polar surface area (TPSA) is 83.7 Å². The second-order valence-electron chi connectivity index (χ2n) is 6.41. The van der Waals surface area contributed by atoms with E-state index in [-0.39, 0.29) is 12.6 Å². The van der Waals surface area contributed by atoms with Gasteiger partial charge in [0.15, 0.2) is 0 Å². The van der Waals surface area contributed by atoms with Gasteiger partial charge in [-0.2, -0.15) is 0 Å². The zero-order chi connectivity index (χ0) is 17.2. The minimum absolute atomic E-state index is 0.0134. The van der Waals surface area contributed by atoms with Crippen molar-refractivity contribution in [2.24, 2.45) is 0 Å². The minimum atomic E-state index is -0.466. The molecule has 2 atom stereocenters. The maximum atomic E-state index is 9.96. The molecule has 0 spiro atoms. The van der Waals surface area contributed by atoms with Crippen molar-refractivity contribution in [3.05, 3.63) is 30.5 Å². The Morgan fingerprint density at radius 1 is 1.46 bits per heavy atom. The van der Waals surface area contributed by atoms with Gasteiger partial charge >= 0.3 is 0 Å². The highest BCUT2D eigenvalue weighted by molar-refractivity contribution is 5.61. The second kappa shape index (κ2) is 6.88. The van der Waals surface area contributed by atoms with Crippen LogP contribution in [0.15, 0.2) is 29.1 Å². The van der Waals surface area contributed by atoms with Crippen LogP contribution in [0.3, 0.4) is 0 Å². The van der Waals surface area contributed by atoms with Crippen molar-refractivity contribution >= 4 is 5.82 Å². The molecule has 130 valence electrons. The molecule has 2 aromatic rings. The molecule has 0 unspecified atom stereocenters. The number of hydrogen-bond acceptors (Lipinski definition) is 7. The summed E-state index contributed by atoms with van der Waals surface area (Å²) in [5.41, 5.74) is 1.25. The fraction of sp³-hybridized carbons (Fsp3) is 0.529. The molecule has 1 saturated heterocycles. The van der Waals surface area contributed by atoms with E-state index in [2.05, 4.69) is 27.1 Å². The first-order valence-electron chi connectivity index (χ1n) is 8.08. The van der Waals surface area contributed by atoms with Crippen LogP contribution in [0.1, 0.15) is 12.7 Å². The van der Waals surface area contributed by atoms with Crippen LogP contribution in [0.2, 0.25) is 0 Å². The summed E-state index contributed by atoms with van der Waals surface area (Å²) in [5, 5.41) is 13.3. The van der Waals surface area contributed by atoms with Crippen molar-refractivity contribution in [2.45, 2.75) is 25.4 Å². The number of anilines is 1. The Balaban J connectivity index is 1.78. The number of morpholine rings is 1. The highest BCUT2D eigenvalue weighted by atomic mass is 16.5. The summed E-state index contributed by atoms with van der Waals surface area (Å²) in [6.07, 6.45) is 3.28. The van der Waals surface area contributed by atoms with E-state index in [1.165, 1.54) is 0 Å². The number of aliphatic hydroxyl groups is 1. The van der Waals surface area contributed by atoms with Gasteiger partial charge < -0.3 is 19.6 Å². The van der Waals surface area contributed by atoms with Crippen molar-refractivity contribution in [1.82, 2.24) is 14.9 Å². The molecule has 0 amide bonds. The number of rotatable bonds is 5. The summed E-state index contributed by atoms with van der Waals surface area (Å²) in [5.74, 6) is 1.40. The van der Waals surface area contributed by atoms with Crippen molar-refractivity contribution in [1.29, 1.82) is 0 Å². The molecule has 1 fully saturated rings. The van der Waals surface area contributed by atoms with Crippen molar-refractivity contribution < 1.29 is 14.3 Å². The van der Waals surface area contributed by atoms with Crippen LogP contribution in [-0.4, -0.2) is 65.0 Å². The van der Waals surface area contributed by atoms with E-state index >= 15 is 0 Å². The Morgan fingerprint density at radius 3 is 3.00 bits per heavy atom. The van der Waals surface area contributed by atoms with Gasteiger partial charge in [0.05, 0.1) is 43.6 Å². The lowest BCUT2D eigenvalue weighted by atomic mass is 9.96. The number of aryl methyl sites for hydroxylation is 1. The van der Waals surface area contributed by atoms with E-state index in [0.29, 0.717) is 25.6 Å². The van der Waals surface area contributed by atoms with Gasteiger partial charge in [0.1, 0.15) is 11.6 Å². The van der Waals surface area contributed by atoms with Crippen LogP contribution in [-0.2, 0) is 4.74 Å². The zero-order valence-corrected chi connectivity index (χ0v) is 14.3. The molecule has 7 nitrogen and oxygen atoms in total. The first-order valence-corrected chi connectivity index (χ1v) is 8.08. The summed E-state index contributed by atoms with van der Waals surface area (Å²) < 4.78 is 10.8. The molecule has 0 radical (unpaired) electrons. The molecule has 2 N–H and O–H groups in total. The maximum Gasteiger partial charge on any atom is 0.130 e. The average Bonchev–Trinajstić information content (AvgIpc) is 3.11. The second-order valence-corrected chi connectivity index (χ2v) is 6.41. The molecule has 3 heterocycles. The Hall–Kier alpha value is -1.96. The Labute approximate surface area is 141 Å². The summed E-state index contributed by atoms with van der Waals surface area (Å²) in [6, 6.07) is 4.00. The lowest BCUT2D eigenvalue weighted by molar-refractivity contribution is -0.101. The van der Waals surface area contributed by atoms with E-state index in [1.54, 1.807) is 12.5 Å². The monoisotopic (exact) mass is 332 g/mol. The molecule has 2 aromatic heterocycles. The van der Waals surface area contributed by atoms with Crippen molar-refractivity contribution in [3.8, 4) is 11.3 Å². The number of hydrogen-bond donors (Lipinski definition) is 2. The van der Waals surface area contributed by atoms with Crippen LogP contribution in [0.5, 0.6) is 0 Å². The third-order valence-corrected chi connectivity index (χ3v) is 4.69. The molecule has 0 aliphatic carbocycles. The van der Waals surface area contributed by atoms with E-state index in [9.17, 15) is 5.11 Å². The number of furan rings is 1. The van der Waals surface area contributed by atoms with Crippen LogP contribution in [0, 0.1) is 6.92 Å². The lowest BCUT2D eigenvalue weighted by Crippen LogP contribution is -2.64. The predicted octanol–water partition coefficient (Wildman–Crippen LogP) is 1.54. The molecule has 7 heteroatoms. The van der Waals surface area contributed by atoms with E-state index in [0.717, 1.165) is 17.1 Å². The quantitative estimate of drug-likeness (QED) is 0.859. The maximum absolute atomic E-state index is 9.96. The van der Waals surface area contributed by atoms with Gasteiger partial charge in [0, 0.05) is 24.2 Å². The van der Waals surface area contributed by atoms with Crippen LogP contribution in [0.4, 0.5) is 5.82 Å². The van der Waals surface area contributed by atoms with Crippen LogP contribution < -0.4 is 5.32 Å².